The zero-order valence-electron chi connectivity index (χ0n) is 12.0. The van der Waals surface area contributed by atoms with E-state index >= 15 is 0 Å². The maximum atomic E-state index is 12.1. The second-order valence-corrected chi connectivity index (χ2v) is 6.54. The van der Waals surface area contributed by atoms with Gasteiger partial charge >= 0.3 is 0 Å². The summed E-state index contributed by atoms with van der Waals surface area (Å²) in [7, 11) is 0. The Morgan fingerprint density at radius 3 is 2.68 bits per heavy atom. The molecule has 106 valence electrons. The van der Waals surface area contributed by atoms with E-state index in [-0.39, 0.29) is 12.5 Å². The van der Waals surface area contributed by atoms with Crippen LogP contribution in [0, 0.1) is 12.8 Å². The van der Waals surface area contributed by atoms with E-state index < -0.39 is 5.60 Å². The minimum Gasteiger partial charge on any atom is -0.388 e. The summed E-state index contributed by atoms with van der Waals surface area (Å²) >= 11 is 3.41. The van der Waals surface area contributed by atoms with E-state index in [4.69, 9.17) is 0 Å². The predicted molar refractivity (Wildman–Crippen MR) is 81.3 cm³/mol. The number of rotatable bonds is 5. The molecule has 1 rings (SSSR count). The minimum absolute atomic E-state index is 0.150. The lowest BCUT2D eigenvalue weighted by atomic mass is 9.94. The third kappa shape index (κ3) is 4.96. The number of aliphatic hydroxyl groups is 1. The van der Waals surface area contributed by atoms with Crippen LogP contribution in [-0.4, -0.2) is 23.2 Å². The summed E-state index contributed by atoms with van der Waals surface area (Å²) in [5.74, 6) is 0.238. The molecule has 0 saturated heterocycles. The number of carbonyl (C=O) groups is 1. The molecule has 0 aromatic heterocycles. The summed E-state index contributed by atoms with van der Waals surface area (Å²) in [5, 5.41) is 13.0. The Kier molecular flexibility index (Phi) is 5.56. The molecule has 0 fully saturated rings. The first-order valence-corrected chi connectivity index (χ1v) is 7.28. The van der Waals surface area contributed by atoms with Crippen LogP contribution in [0.1, 0.15) is 43.1 Å². The maximum Gasteiger partial charge on any atom is 0.251 e. The fourth-order valence-corrected chi connectivity index (χ4v) is 2.54. The van der Waals surface area contributed by atoms with Gasteiger partial charge in [-0.1, -0.05) is 35.8 Å². The lowest BCUT2D eigenvalue weighted by molar-refractivity contribution is 0.0368. The van der Waals surface area contributed by atoms with Gasteiger partial charge in [-0.15, -0.1) is 0 Å². The van der Waals surface area contributed by atoms with Gasteiger partial charge in [0.2, 0.25) is 0 Å². The molecule has 1 aromatic carbocycles. The van der Waals surface area contributed by atoms with Crippen LogP contribution < -0.4 is 5.32 Å². The molecule has 0 bridgehead atoms. The third-order valence-electron chi connectivity index (χ3n) is 2.99. The molecule has 0 saturated carbocycles. The molecule has 1 unspecified atom stereocenters. The minimum atomic E-state index is -0.871. The zero-order valence-corrected chi connectivity index (χ0v) is 13.5. The second-order valence-electron chi connectivity index (χ2n) is 5.69. The van der Waals surface area contributed by atoms with Crippen molar-refractivity contribution in [1.29, 1.82) is 0 Å². The fourth-order valence-electron chi connectivity index (χ4n) is 2.17. The van der Waals surface area contributed by atoms with Crippen molar-refractivity contribution in [3.05, 3.63) is 33.8 Å². The molecule has 3 nitrogen and oxygen atoms in total. The molecular weight excluding hydrogens is 306 g/mol. The quantitative estimate of drug-likeness (QED) is 0.871. The third-order valence-corrected chi connectivity index (χ3v) is 3.85. The molecule has 2 N–H and O–H groups in total. The van der Waals surface area contributed by atoms with Crippen LogP contribution in [0.4, 0.5) is 0 Å². The van der Waals surface area contributed by atoms with Gasteiger partial charge in [-0.2, -0.15) is 0 Å². The van der Waals surface area contributed by atoms with Crippen LogP contribution in [0.2, 0.25) is 0 Å². The number of nitrogens with one attached hydrogen (secondary N) is 1. The van der Waals surface area contributed by atoms with Gasteiger partial charge in [0.25, 0.3) is 5.91 Å². The molecule has 1 amide bonds. The first-order chi connectivity index (χ1) is 8.73. The fraction of sp³-hybridized carbons (Fsp3) is 0.533. The molecule has 4 heteroatoms. The summed E-state index contributed by atoms with van der Waals surface area (Å²) in [5.41, 5.74) is 0.669. The Bertz CT molecular complexity index is 455. The van der Waals surface area contributed by atoms with Crippen molar-refractivity contribution < 1.29 is 9.90 Å². The van der Waals surface area contributed by atoms with Gasteiger partial charge in [-0.25, -0.2) is 0 Å². The lowest BCUT2D eigenvalue weighted by Gasteiger charge is -2.25. The summed E-state index contributed by atoms with van der Waals surface area (Å²) in [6, 6.07) is 5.52. The van der Waals surface area contributed by atoms with E-state index in [9.17, 15) is 9.90 Å². The van der Waals surface area contributed by atoms with Gasteiger partial charge in [0, 0.05) is 16.6 Å². The molecule has 1 atom stereocenters. The normalized spacial score (nSPS) is 14.3. The van der Waals surface area contributed by atoms with E-state index in [1.165, 1.54) is 0 Å². The standard InChI is InChI=1S/C15H22BrNO2/c1-10(2)8-15(4,19)9-17-14(18)12-6-5-7-13(16)11(12)3/h5-7,10,19H,8-9H2,1-4H3,(H,17,18). The number of halogens is 1. The molecule has 1 aromatic rings. The highest BCUT2D eigenvalue weighted by molar-refractivity contribution is 9.10. The van der Waals surface area contributed by atoms with Gasteiger partial charge in [0.15, 0.2) is 0 Å². The summed E-state index contributed by atoms with van der Waals surface area (Å²) in [6.07, 6.45) is 0.657. The van der Waals surface area contributed by atoms with Crippen molar-refractivity contribution in [3.8, 4) is 0 Å². The van der Waals surface area contributed by atoms with Gasteiger partial charge < -0.3 is 10.4 Å². The smallest absolute Gasteiger partial charge is 0.251 e. The average Bonchev–Trinajstić information content (AvgIpc) is 2.28. The average molecular weight is 328 g/mol. The predicted octanol–water partition coefficient (Wildman–Crippen LogP) is 3.28. The number of carbonyl (C=O) groups excluding carboxylic acids is 1. The molecule has 0 spiro atoms. The molecule has 0 radical (unpaired) electrons. The largest absolute Gasteiger partial charge is 0.388 e. The Balaban J connectivity index is 2.68. The highest BCUT2D eigenvalue weighted by Crippen LogP contribution is 2.20. The molecule has 0 aliphatic rings. The summed E-state index contributed by atoms with van der Waals surface area (Å²) in [6.45, 7) is 8.01. The number of hydrogen-bond acceptors (Lipinski definition) is 2. The highest BCUT2D eigenvalue weighted by Gasteiger charge is 2.23. The van der Waals surface area contributed by atoms with E-state index in [1.54, 1.807) is 13.0 Å². The van der Waals surface area contributed by atoms with Crippen LogP contribution in [-0.2, 0) is 0 Å². The topological polar surface area (TPSA) is 49.3 Å². The van der Waals surface area contributed by atoms with Crippen LogP contribution in [0.3, 0.4) is 0 Å². The SMILES string of the molecule is Cc1c(Br)cccc1C(=O)NCC(C)(O)CC(C)C. The Morgan fingerprint density at radius 1 is 1.47 bits per heavy atom. The van der Waals surface area contributed by atoms with Crippen LogP contribution in [0.25, 0.3) is 0 Å². The first kappa shape index (κ1) is 16.2. The molecular formula is C15H22BrNO2. The van der Waals surface area contributed by atoms with E-state index in [0.717, 1.165) is 10.0 Å². The van der Waals surface area contributed by atoms with Gasteiger partial charge in [0.05, 0.1) is 5.60 Å². The van der Waals surface area contributed by atoms with Crippen molar-refractivity contribution in [2.45, 2.75) is 39.7 Å². The number of hydrogen-bond donors (Lipinski definition) is 2. The van der Waals surface area contributed by atoms with E-state index in [1.807, 2.05) is 19.1 Å². The van der Waals surface area contributed by atoms with Gasteiger partial charge in [-0.05, 0) is 43.9 Å². The number of benzene rings is 1. The first-order valence-electron chi connectivity index (χ1n) is 6.48. The van der Waals surface area contributed by atoms with Gasteiger partial charge in [-0.3, -0.25) is 4.79 Å². The maximum absolute atomic E-state index is 12.1. The molecule has 0 aliphatic heterocycles. The highest BCUT2D eigenvalue weighted by atomic mass is 79.9. The van der Waals surface area contributed by atoms with Crippen molar-refractivity contribution in [1.82, 2.24) is 5.32 Å². The Morgan fingerprint density at radius 2 is 2.11 bits per heavy atom. The van der Waals surface area contributed by atoms with Crippen molar-refractivity contribution in [2.75, 3.05) is 6.54 Å². The van der Waals surface area contributed by atoms with Crippen LogP contribution >= 0.6 is 15.9 Å². The Labute approximate surface area is 123 Å². The summed E-state index contributed by atoms with van der Waals surface area (Å²) < 4.78 is 0.911. The van der Waals surface area contributed by atoms with Crippen LogP contribution in [0.15, 0.2) is 22.7 Å². The van der Waals surface area contributed by atoms with Gasteiger partial charge in [0.1, 0.15) is 0 Å². The molecule has 0 heterocycles. The van der Waals surface area contributed by atoms with Crippen molar-refractivity contribution >= 4 is 21.8 Å². The van der Waals surface area contributed by atoms with Crippen LogP contribution in [0.5, 0.6) is 0 Å². The molecule has 19 heavy (non-hydrogen) atoms. The zero-order chi connectivity index (χ0) is 14.6. The second kappa shape index (κ2) is 6.53. The summed E-state index contributed by atoms with van der Waals surface area (Å²) in [4.78, 5) is 12.1. The molecule has 0 aliphatic carbocycles. The van der Waals surface area contributed by atoms with Crippen molar-refractivity contribution in [3.63, 3.8) is 0 Å². The van der Waals surface area contributed by atoms with E-state index in [0.29, 0.717) is 17.9 Å². The Hall–Kier alpha value is -0.870. The van der Waals surface area contributed by atoms with Crippen molar-refractivity contribution in [2.24, 2.45) is 5.92 Å². The monoisotopic (exact) mass is 327 g/mol. The number of amides is 1. The lowest BCUT2D eigenvalue weighted by Crippen LogP contribution is -2.41. The van der Waals surface area contributed by atoms with E-state index in [2.05, 4.69) is 35.1 Å².